The van der Waals surface area contributed by atoms with E-state index in [4.69, 9.17) is 4.74 Å². The van der Waals surface area contributed by atoms with E-state index in [1.54, 1.807) is 24.3 Å². The summed E-state index contributed by atoms with van der Waals surface area (Å²) in [7, 11) is 1.67. The van der Waals surface area contributed by atoms with Crippen molar-refractivity contribution in [3.05, 3.63) is 82.3 Å². The van der Waals surface area contributed by atoms with E-state index in [0.29, 0.717) is 23.8 Å². The zero-order valence-corrected chi connectivity index (χ0v) is 25.2. The van der Waals surface area contributed by atoms with Gasteiger partial charge in [-0.1, -0.05) is 53.7 Å². The van der Waals surface area contributed by atoms with Crippen LogP contribution in [0.1, 0.15) is 77.3 Å². The smallest absolute Gasteiger partial charge is 0.326 e. The molecule has 0 saturated heterocycles. The number of carbonyl (C=O) groups is 1. The number of H-pyrrole nitrogens is 1. The van der Waals surface area contributed by atoms with Crippen LogP contribution in [0.4, 0.5) is 16.2 Å². The molecule has 4 aromatic rings. The molecule has 2 N–H and O–H groups in total. The zero-order valence-electron chi connectivity index (χ0n) is 25.2. The molecule has 7 heteroatoms. The number of nitrogens with one attached hydrogen (secondary N) is 2. The number of anilines is 2. The monoisotopic (exact) mass is 554 g/mol. The molecule has 0 aliphatic carbocycles. The second kappa shape index (κ2) is 13.0. The molecule has 0 atom stereocenters. The number of fused-ring (bicyclic) bond motifs is 1. The zero-order chi connectivity index (χ0) is 29.7. The van der Waals surface area contributed by atoms with E-state index < -0.39 is 0 Å². The van der Waals surface area contributed by atoms with Gasteiger partial charge in [-0.3, -0.25) is 9.69 Å². The standard InChI is InChI=1S/C34H42N4O3/c1-21(2)11-10-16-38(30-20-25-13-9-15-35-32(25)37-33(30)39)34(40)36-31-28(22(3)4)18-26(19-29(31)23(5)6)24-12-8-14-27(17-24)41-7/h8-9,12-15,17-23H,10-11,16H2,1-7H3,(H,36,40)(H,35,37,39). The van der Waals surface area contributed by atoms with E-state index >= 15 is 0 Å². The van der Waals surface area contributed by atoms with Crippen LogP contribution in [0, 0.1) is 5.92 Å². The highest BCUT2D eigenvalue weighted by Gasteiger charge is 2.24. The summed E-state index contributed by atoms with van der Waals surface area (Å²) < 4.78 is 5.47. The van der Waals surface area contributed by atoms with Crippen molar-refractivity contribution in [2.75, 3.05) is 23.9 Å². The van der Waals surface area contributed by atoms with Crippen molar-refractivity contribution in [3.63, 3.8) is 0 Å². The van der Waals surface area contributed by atoms with Crippen molar-refractivity contribution >= 4 is 28.4 Å². The predicted molar refractivity (Wildman–Crippen MR) is 169 cm³/mol. The van der Waals surface area contributed by atoms with E-state index in [2.05, 4.69) is 75.0 Å². The summed E-state index contributed by atoms with van der Waals surface area (Å²) in [6.07, 6.45) is 3.36. The molecule has 0 aliphatic rings. The number of ether oxygens (including phenoxy) is 1. The van der Waals surface area contributed by atoms with Gasteiger partial charge in [0.25, 0.3) is 5.56 Å². The number of benzene rings is 2. The maximum Gasteiger partial charge on any atom is 0.326 e. The predicted octanol–water partition coefficient (Wildman–Crippen LogP) is 8.32. The van der Waals surface area contributed by atoms with Gasteiger partial charge < -0.3 is 15.0 Å². The summed E-state index contributed by atoms with van der Waals surface area (Å²) in [5.74, 6) is 1.59. The van der Waals surface area contributed by atoms with Crippen LogP contribution in [0.5, 0.6) is 5.75 Å². The van der Waals surface area contributed by atoms with Crippen molar-refractivity contribution in [1.29, 1.82) is 0 Å². The molecule has 2 amide bonds. The van der Waals surface area contributed by atoms with E-state index in [0.717, 1.165) is 51.9 Å². The maximum atomic E-state index is 14.1. The van der Waals surface area contributed by atoms with Crippen LogP contribution in [0.25, 0.3) is 22.2 Å². The van der Waals surface area contributed by atoms with Crippen molar-refractivity contribution in [2.24, 2.45) is 5.92 Å². The van der Waals surface area contributed by atoms with Crippen LogP contribution in [-0.4, -0.2) is 29.7 Å². The Kier molecular flexibility index (Phi) is 9.48. The first-order valence-corrected chi connectivity index (χ1v) is 14.5. The molecule has 216 valence electrons. The van der Waals surface area contributed by atoms with E-state index in [1.807, 2.05) is 30.3 Å². The van der Waals surface area contributed by atoms with E-state index in [-0.39, 0.29) is 23.4 Å². The third kappa shape index (κ3) is 6.96. The minimum absolute atomic E-state index is 0.151. The molecule has 0 aliphatic heterocycles. The number of nitrogens with zero attached hydrogens (tertiary/aromatic N) is 2. The van der Waals surface area contributed by atoms with E-state index in [1.165, 1.54) is 0 Å². The molecule has 7 nitrogen and oxygen atoms in total. The topological polar surface area (TPSA) is 87.3 Å². The fraction of sp³-hybridized carbons (Fsp3) is 0.382. The lowest BCUT2D eigenvalue weighted by Crippen LogP contribution is -2.39. The average Bonchev–Trinajstić information content (AvgIpc) is 2.94. The van der Waals surface area contributed by atoms with Gasteiger partial charge in [0.15, 0.2) is 0 Å². The summed E-state index contributed by atoms with van der Waals surface area (Å²) in [5, 5.41) is 4.02. The Morgan fingerprint density at radius 1 is 0.951 bits per heavy atom. The number of urea groups is 1. The number of carbonyl (C=O) groups excluding carboxylic acids is 1. The second-order valence-corrected chi connectivity index (χ2v) is 11.6. The molecular weight excluding hydrogens is 512 g/mol. The Bertz CT molecular complexity index is 1540. The number of methoxy groups -OCH3 is 1. The summed E-state index contributed by atoms with van der Waals surface area (Å²) in [5.41, 5.74) is 5.50. The average molecular weight is 555 g/mol. The molecule has 0 saturated carbocycles. The molecule has 0 fully saturated rings. The third-order valence-electron chi connectivity index (χ3n) is 7.37. The first-order chi connectivity index (χ1) is 19.6. The van der Waals surface area contributed by atoms with Crippen LogP contribution in [0.3, 0.4) is 0 Å². The van der Waals surface area contributed by atoms with Crippen molar-refractivity contribution < 1.29 is 9.53 Å². The minimum atomic E-state index is -0.336. The fourth-order valence-corrected chi connectivity index (χ4v) is 5.10. The summed E-state index contributed by atoms with van der Waals surface area (Å²) in [4.78, 5) is 36.0. The van der Waals surface area contributed by atoms with Crippen LogP contribution in [-0.2, 0) is 0 Å². The highest BCUT2D eigenvalue weighted by atomic mass is 16.5. The number of amides is 2. The van der Waals surface area contributed by atoms with Gasteiger partial charge >= 0.3 is 6.03 Å². The van der Waals surface area contributed by atoms with Crippen molar-refractivity contribution in [3.8, 4) is 16.9 Å². The molecule has 0 radical (unpaired) electrons. The minimum Gasteiger partial charge on any atom is -0.497 e. The molecule has 0 spiro atoms. The van der Waals surface area contributed by atoms with Gasteiger partial charge in [0.05, 0.1) is 7.11 Å². The van der Waals surface area contributed by atoms with Crippen LogP contribution >= 0.6 is 0 Å². The van der Waals surface area contributed by atoms with Gasteiger partial charge in [-0.2, -0.15) is 0 Å². The Hall–Kier alpha value is -4.13. The Labute approximate surface area is 243 Å². The molecule has 0 bridgehead atoms. The first-order valence-electron chi connectivity index (χ1n) is 14.5. The highest BCUT2D eigenvalue weighted by Crippen LogP contribution is 2.38. The molecule has 4 rings (SSSR count). The first kappa shape index (κ1) is 29.8. The van der Waals surface area contributed by atoms with Crippen LogP contribution in [0.2, 0.25) is 0 Å². The van der Waals surface area contributed by atoms with Gasteiger partial charge in [0.2, 0.25) is 0 Å². The number of aromatic nitrogens is 2. The third-order valence-corrected chi connectivity index (χ3v) is 7.37. The Morgan fingerprint density at radius 3 is 2.29 bits per heavy atom. The van der Waals surface area contributed by atoms with E-state index in [9.17, 15) is 9.59 Å². The van der Waals surface area contributed by atoms with Crippen LogP contribution < -0.4 is 20.5 Å². The molecular formula is C34H42N4O3. The molecule has 0 unspecified atom stereocenters. The van der Waals surface area contributed by atoms with Gasteiger partial charge in [-0.05, 0) is 95.3 Å². The van der Waals surface area contributed by atoms with Gasteiger partial charge in [0, 0.05) is 23.8 Å². The lowest BCUT2D eigenvalue weighted by Gasteiger charge is -2.27. The largest absolute Gasteiger partial charge is 0.497 e. The molecule has 2 aromatic carbocycles. The molecule has 41 heavy (non-hydrogen) atoms. The normalized spacial score (nSPS) is 11.5. The Morgan fingerprint density at radius 2 is 1.66 bits per heavy atom. The van der Waals surface area contributed by atoms with Gasteiger partial charge in [0.1, 0.15) is 17.1 Å². The van der Waals surface area contributed by atoms with Gasteiger partial charge in [-0.25, -0.2) is 9.78 Å². The number of pyridine rings is 2. The van der Waals surface area contributed by atoms with Crippen molar-refractivity contribution in [2.45, 2.75) is 66.2 Å². The molecule has 2 aromatic heterocycles. The quantitative estimate of drug-likeness (QED) is 0.206. The second-order valence-electron chi connectivity index (χ2n) is 11.6. The lowest BCUT2D eigenvalue weighted by atomic mass is 9.88. The highest BCUT2D eigenvalue weighted by molar-refractivity contribution is 6.03. The number of aromatic amines is 1. The number of hydrogen-bond donors (Lipinski definition) is 2. The number of hydrogen-bond acceptors (Lipinski definition) is 4. The fourth-order valence-electron chi connectivity index (χ4n) is 5.10. The van der Waals surface area contributed by atoms with Crippen molar-refractivity contribution in [1.82, 2.24) is 9.97 Å². The lowest BCUT2D eigenvalue weighted by molar-refractivity contribution is 0.256. The Balaban J connectivity index is 1.79. The molecule has 2 heterocycles. The SMILES string of the molecule is COc1cccc(-c2cc(C(C)C)c(NC(=O)N(CCCC(C)C)c3cc4cccnc4[nH]c3=O)c(C(C)C)c2)c1. The summed E-state index contributed by atoms with van der Waals surface area (Å²) >= 11 is 0. The van der Waals surface area contributed by atoms with Gasteiger partial charge in [-0.15, -0.1) is 0 Å². The summed E-state index contributed by atoms with van der Waals surface area (Å²) in [6, 6.07) is 17.5. The summed E-state index contributed by atoms with van der Waals surface area (Å²) in [6.45, 7) is 13.3. The number of rotatable bonds is 10. The van der Waals surface area contributed by atoms with Crippen LogP contribution in [0.15, 0.2) is 65.6 Å². The maximum absolute atomic E-state index is 14.1.